The highest BCUT2D eigenvalue weighted by molar-refractivity contribution is 5.76. The maximum atomic E-state index is 11.9. The first kappa shape index (κ1) is 11.0. The minimum absolute atomic E-state index is 0.0431. The summed E-state index contributed by atoms with van der Waals surface area (Å²) in [5.74, 6) is 1.62. The number of ether oxygens (including phenoxy) is 1. The molecule has 2 aliphatic carbocycles. The van der Waals surface area contributed by atoms with Crippen molar-refractivity contribution in [2.24, 2.45) is 17.3 Å². The molecule has 86 valence electrons. The third kappa shape index (κ3) is 1.91. The van der Waals surface area contributed by atoms with Gasteiger partial charge in [-0.15, -0.1) is 0 Å². The zero-order valence-corrected chi connectivity index (χ0v) is 9.92. The van der Waals surface area contributed by atoms with Crippen LogP contribution >= 0.6 is 0 Å². The summed E-state index contributed by atoms with van der Waals surface area (Å²) in [6.07, 6.45) is 8.49. The molecule has 0 aromatic rings. The van der Waals surface area contributed by atoms with Crippen LogP contribution in [0.15, 0.2) is 0 Å². The lowest BCUT2D eigenvalue weighted by atomic mass is 9.60. The maximum Gasteiger partial charge on any atom is 0.311 e. The molecular formula is C13H22O2. The van der Waals surface area contributed by atoms with Gasteiger partial charge in [-0.3, -0.25) is 4.79 Å². The molecule has 0 radical (unpaired) electrons. The molecule has 0 N–H and O–H groups in total. The average Bonchev–Trinajstić information content (AvgIpc) is 2.27. The molecule has 2 aliphatic rings. The van der Waals surface area contributed by atoms with Gasteiger partial charge in [0.2, 0.25) is 0 Å². The maximum absolute atomic E-state index is 11.9. The topological polar surface area (TPSA) is 26.3 Å². The lowest BCUT2D eigenvalue weighted by molar-refractivity contribution is -0.158. The molecule has 0 aromatic carbocycles. The first-order chi connectivity index (χ1) is 7.20. The lowest BCUT2D eigenvalue weighted by Crippen LogP contribution is -2.41. The Morgan fingerprint density at radius 3 is 2.40 bits per heavy atom. The second kappa shape index (κ2) is 4.15. The highest BCUT2D eigenvalue weighted by atomic mass is 16.5. The highest BCUT2D eigenvalue weighted by Gasteiger charge is 2.46. The van der Waals surface area contributed by atoms with Crippen LogP contribution in [0.25, 0.3) is 0 Å². The lowest BCUT2D eigenvalue weighted by Gasteiger charge is -2.45. The quantitative estimate of drug-likeness (QED) is 0.654. The van der Waals surface area contributed by atoms with Crippen LogP contribution < -0.4 is 0 Å². The van der Waals surface area contributed by atoms with Crippen LogP contribution in [0.4, 0.5) is 0 Å². The Hall–Kier alpha value is -0.530. The molecule has 2 heteroatoms. The fraction of sp³-hybridized carbons (Fsp3) is 0.923. The van der Waals surface area contributed by atoms with Gasteiger partial charge in [-0.1, -0.05) is 26.2 Å². The van der Waals surface area contributed by atoms with Crippen molar-refractivity contribution < 1.29 is 9.53 Å². The molecular weight excluding hydrogens is 188 g/mol. The van der Waals surface area contributed by atoms with Gasteiger partial charge < -0.3 is 4.74 Å². The fourth-order valence-corrected chi connectivity index (χ4v) is 3.78. The van der Waals surface area contributed by atoms with Crippen molar-refractivity contribution in [3.63, 3.8) is 0 Å². The van der Waals surface area contributed by atoms with Crippen LogP contribution in [-0.2, 0) is 9.53 Å². The molecule has 2 fully saturated rings. The van der Waals surface area contributed by atoms with Crippen molar-refractivity contribution >= 4 is 5.97 Å². The first-order valence-corrected chi connectivity index (χ1v) is 6.28. The molecule has 0 aliphatic heterocycles. The van der Waals surface area contributed by atoms with E-state index < -0.39 is 0 Å². The number of carbonyl (C=O) groups excluding carboxylic acids is 1. The summed E-state index contributed by atoms with van der Waals surface area (Å²) in [5.41, 5.74) is -0.136. The molecule has 2 atom stereocenters. The summed E-state index contributed by atoms with van der Waals surface area (Å²) >= 11 is 0. The number of fused-ring (bicyclic) bond motifs is 2. The number of methoxy groups -OCH3 is 1. The minimum atomic E-state index is -0.136. The monoisotopic (exact) mass is 210 g/mol. The molecule has 2 nitrogen and oxygen atoms in total. The van der Waals surface area contributed by atoms with Crippen molar-refractivity contribution in [3.05, 3.63) is 0 Å². The minimum Gasteiger partial charge on any atom is -0.469 e. The van der Waals surface area contributed by atoms with E-state index in [-0.39, 0.29) is 11.4 Å². The zero-order valence-electron chi connectivity index (χ0n) is 9.92. The summed E-state index contributed by atoms with van der Waals surface area (Å²) in [6, 6.07) is 0. The van der Waals surface area contributed by atoms with E-state index in [0.717, 1.165) is 31.1 Å². The van der Waals surface area contributed by atoms with Crippen LogP contribution in [0.5, 0.6) is 0 Å². The Kier molecular flexibility index (Phi) is 3.03. The Morgan fingerprint density at radius 2 is 1.93 bits per heavy atom. The summed E-state index contributed by atoms with van der Waals surface area (Å²) in [6.45, 7) is 2.14. The van der Waals surface area contributed by atoms with E-state index in [1.54, 1.807) is 0 Å². The Morgan fingerprint density at radius 1 is 1.33 bits per heavy atom. The Labute approximate surface area is 92.4 Å². The molecule has 2 bridgehead atoms. The van der Waals surface area contributed by atoms with E-state index in [9.17, 15) is 4.79 Å². The van der Waals surface area contributed by atoms with Crippen molar-refractivity contribution in [2.75, 3.05) is 7.11 Å². The second-order valence-electron chi connectivity index (χ2n) is 5.43. The van der Waals surface area contributed by atoms with Gasteiger partial charge in [0.15, 0.2) is 0 Å². The molecule has 0 spiro atoms. The van der Waals surface area contributed by atoms with Crippen LogP contribution in [0.2, 0.25) is 0 Å². The fourth-order valence-electron chi connectivity index (χ4n) is 3.78. The molecule has 0 aromatic heterocycles. The number of hydrogen-bond acceptors (Lipinski definition) is 2. The number of esters is 1. The van der Waals surface area contributed by atoms with Gasteiger partial charge in [0, 0.05) is 0 Å². The smallest absolute Gasteiger partial charge is 0.311 e. The van der Waals surface area contributed by atoms with Crippen LogP contribution in [0.1, 0.15) is 51.9 Å². The molecule has 15 heavy (non-hydrogen) atoms. The van der Waals surface area contributed by atoms with Crippen molar-refractivity contribution in [1.82, 2.24) is 0 Å². The van der Waals surface area contributed by atoms with Crippen LogP contribution in [-0.4, -0.2) is 13.1 Å². The molecule has 2 saturated carbocycles. The van der Waals surface area contributed by atoms with Gasteiger partial charge in [-0.05, 0) is 37.5 Å². The van der Waals surface area contributed by atoms with Gasteiger partial charge in [0.05, 0.1) is 12.5 Å². The van der Waals surface area contributed by atoms with E-state index in [1.165, 1.54) is 32.8 Å². The van der Waals surface area contributed by atoms with Gasteiger partial charge >= 0.3 is 5.97 Å². The number of carbonyl (C=O) groups is 1. The van der Waals surface area contributed by atoms with Gasteiger partial charge in [0.25, 0.3) is 0 Å². The summed E-state index contributed by atoms with van der Waals surface area (Å²) in [7, 11) is 1.53. The first-order valence-electron chi connectivity index (χ1n) is 6.28. The van der Waals surface area contributed by atoms with E-state index >= 15 is 0 Å². The molecule has 0 amide bonds. The van der Waals surface area contributed by atoms with Crippen LogP contribution in [0, 0.1) is 17.3 Å². The van der Waals surface area contributed by atoms with Crippen LogP contribution in [0.3, 0.4) is 0 Å². The van der Waals surface area contributed by atoms with E-state index in [2.05, 4.69) is 6.92 Å². The van der Waals surface area contributed by atoms with Gasteiger partial charge in [-0.2, -0.15) is 0 Å². The van der Waals surface area contributed by atoms with Gasteiger partial charge in [0.1, 0.15) is 0 Å². The predicted octanol–water partition coefficient (Wildman–Crippen LogP) is 3.16. The standard InChI is InChI=1S/C13H22O2/c1-3-13(12(14)15-2)8-10-5-4-6-11(7-10)9-13/h10-11H,3-9H2,1-2H3. The van der Waals surface area contributed by atoms with Crippen molar-refractivity contribution in [1.29, 1.82) is 0 Å². The Bertz CT molecular complexity index is 235. The molecule has 2 rings (SSSR count). The summed E-state index contributed by atoms with van der Waals surface area (Å²) in [5, 5.41) is 0. The highest BCUT2D eigenvalue weighted by Crippen LogP contribution is 2.50. The number of rotatable bonds is 2. The van der Waals surface area contributed by atoms with Crippen molar-refractivity contribution in [3.8, 4) is 0 Å². The van der Waals surface area contributed by atoms with Crippen molar-refractivity contribution in [2.45, 2.75) is 51.9 Å². The zero-order chi connectivity index (χ0) is 10.9. The van der Waals surface area contributed by atoms with Gasteiger partial charge in [-0.25, -0.2) is 0 Å². The second-order valence-corrected chi connectivity index (χ2v) is 5.43. The SMILES string of the molecule is CCC1(C(=O)OC)CC2CCCC(C2)C1. The largest absolute Gasteiger partial charge is 0.469 e. The van der Waals surface area contributed by atoms with E-state index in [1.807, 2.05) is 0 Å². The van der Waals surface area contributed by atoms with E-state index in [0.29, 0.717) is 0 Å². The Balaban J connectivity index is 2.15. The normalized spacial score (nSPS) is 39.9. The average molecular weight is 210 g/mol. The van der Waals surface area contributed by atoms with E-state index in [4.69, 9.17) is 4.74 Å². The predicted molar refractivity (Wildman–Crippen MR) is 59.4 cm³/mol. The summed E-state index contributed by atoms with van der Waals surface area (Å²) in [4.78, 5) is 11.9. The third-order valence-corrected chi connectivity index (χ3v) is 4.55. The molecule has 0 saturated heterocycles. The summed E-state index contributed by atoms with van der Waals surface area (Å²) < 4.78 is 5.01. The molecule has 0 heterocycles. The third-order valence-electron chi connectivity index (χ3n) is 4.55. The molecule has 2 unspecified atom stereocenters. The number of hydrogen-bond donors (Lipinski definition) is 0.